The fraction of sp³-hybridized carbons (Fsp3) is 0.429. The van der Waals surface area contributed by atoms with Crippen LogP contribution in [0.25, 0.3) is 10.8 Å². The van der Waals surface area contributed by atoms with Gasteiger partial charge in [-0.1, -0.05) is 64.5 Å². The third-order valence-electron chi connectivity index (χ3n) is 6.33. The minimum Gasteiger partial charge on any atom is -0.389 e. The summed E-state index contributed by atoms with van der Waals surface area (Å²) in [7, 11) is 0. The summed E-state index contributed by atoms with van der Waals surface area (Å²) in [5.74, 6) is 0.569. The van der Waals surface area contributed by atoms with Gasteiger partial charge in [-0.15, -0.1) is 0 Å². The topological polar surface area (TPSA) is 41.5 Å². The largest absolute Gasteiger partial charge is 0.389 e. The Morgan fingerprint density at radius 1 is 1.06 bits per heavy atom. The van der Waals surface area contributed by atoms with E-state index in [0.717, 1.165) is 10.9 Å². The molecule has 0 saturated heterocycles. The molecule has 4 rings (SSSR count). The Morgan fingerprint density at radius 2 is 1.81 bits per heavy atom. The van der Waals surface area contributed by atoms with Gasteiger partial charge in [-0.05, 0) is 85.5 Å². The second-order valence-electron chi connectivity index (χ2n) is 9.87. The summed E-state index contributed by atoms with van der Waals surface area (Å²) in [5, 5.41) is 16.7. The molecular formula is C28H34BrNO2. The van der Waals surface area contributed by atoms with E-state index in [1.54, 1.807) is 0 Å². The predicted molar refractivity (Wildman–Crippen MR) is 136 cm³/mol. The predicted octanol–water partition coefficient (Wildman–Crippen LogP) is 6.35. The first-order chi connectivity index (χ1) is 15.3. The molecule has 2 N–H and O–H groups in total. The molecule has 0 heterocycles. The molecule has 0 radical (unpaired) electrons. The van der Waals surface area contributed by atoms with Crippen molar-refractivity contribution >= 4 is 26.7 Å². The minimum atomic E-state index is -0.539. The number of nitrogens with one attached hydrogen (secondary N) is 1. The Hall–Kier alpha value is -1.72. The van der Waals surface area contributed by atoms with Crippen LogP contribution < -0.4 is 5.32 Å². The van der Waals surface area contributed by atoms with Crippen molar-refractivity contribution in [2.45, 2.75) is 57.8 Å². The lowest BCUT2D eigenvalue weighted by Gasteiger charge is -2.29. The first-order valence-electron chi connectivity index (χ1n) is 11.6. The quantitative estimate of drug-likeness (QED) is 0.344. The van der Waals surface area contributed by atoms with Crippen LogP contribution in [0.15, 0.2) is 65.1 Å². The molecule has 3 aromatic carbocycles. The van der Waals surface area contributed by atoms with Crippen molar-refractivity contribution in [2.24, 2.45) is 5.92 Å². The number of aliphatic hydroxyl groups excluding tert-OH is 1. The van der Waals surface area contributed by atoms with E-state index >= 15 is 0 Å². The average Bonchev–Trinajstić information content (AvgIpc) is 3.59. The molecule has 0 amide bonds. The number of hydrogen-bond acceptors (Lipinski definition) is 3. The summed E-state index contributed by atoms with van der Waals surface area (Å²) < 4.78 is 7.35. The molecule has 2 atom stereocenters. The van der Waals surface area contributed by atoms with E-state index in [1.807, 2.05) is 0 Å². The maximum absolute atomic E-state index is 10.6. The maximum Gasteiger partial charge on any atom is 0.0898 e. The summed E-state index contributed by atoms with van der Waals surface area (Å²) in [6.07, 6.45) is 2.83. The molecule has 1 saturated carbocycles. The lowest BCUT2D eigenvalue weighted by molar-refractivity contribution is -0.0214. The molecule has 3 nitrogen and oxygen atoms in total. The number of aliphatic hydroxyl groups is 1. The molecule has 1 aliphatic rings. The van der Waals surface area contributed by atoms with E-state index in [9.17, 15) is 5.11 Å². The van der Waals surface area contributed by atoms with Crippen molar-refractivity contribution in [2.75, 3.05) is 13.2 Å². The summed E-state index contributed by atoms with van der Waals surface area (Å²) in [4.78, 5) is 0. The third-order valence-corrected chi connectivity index (χ3v) is 6.83. The van der Waals surface area contributed by atoms with Crippen LogP contribution in [0.2, 0.25) is 0 Å². The molecule has 1 fully saturated rings. The van der Waals surface area contributed by atoms with Crippen LogP contribution in [0.3, 0.4) is 0 Å². The van der Waals surface area contributed by atoms with E-state index in [-0.39, 0.29) is 11.6 Å². The smallest absolute Gasteiger partial charge is 0.0898 e. The van der Waals surface area contributed by atoms with Crippen molar-refractivity contribution in [1.29, 1.82) is 0 Å². The molecule has 0 aliphatic heterocycles. The van der Waals surface area contributed by atoms with E-state index in [1.165, 1.54) is 40.3 Å². The first-order valence-corrected chi connectivity index (χ1v) is 12.4. The van der Waals surface area contributed by atoms with Crippen molar-refractivity contribution in [3.05, 3.63) is 81.8 Å². The highest BCUT2D eigenvalue weighted by atomic mass is 79.9. The fourth-order valence-electron chi connectivity index (χ4n) is 4.43. The normalized spacial score (nSPS) is 16.3. The van der Waals surface area contributed by atoms with Gasteiger partial charge in [0, 0.05) is 16.6 Å². The second-order valence-corrected chi connectivity index (χ2v) is 10.8. The van der Waals surface area contributed by atoms with Gasteiger partial charge in [-0.25, -0.2) is 0 Å². The number of ether oxygens (including phenoxy) is 1. The van der Waals surface area contributed by atoms with Gasteiger partial charge in [0.15, 0.2) is 0 Å². The Balaban J connectivity index is 1.30. The molecule has 32 heavy (non-hydrogen) atoms. The molecule has 3 aromatic rings. The zero-order valence-electron chi connectivity index (χ0n) is 19.3. The molecule has 0 bridgehead atoms. The van der Waals surface area contributed by atoms with E-state index in [2.05, 4.69) is 103 Å². The van der Waals surface area contributed by atoms with Crippen LogP contribution in [0.4, 0.5) is 0 Å². The summed E-state index contributed by atoms with van der Waals surface area (Å²) in [5.41, 5.74) is 3.65. The number of hydrogen-bond donors (Lipinski definition) is 2. The molecule has 1 unspecified atom stereocenters. The van der Waals surface area contributed by atoms with Crippen LogP contribution in [-0.2, 0) is 11.2 Å². The Kier molecular flexibility index (Phi) is 7.36. The van der Waals surface area contributed by atoms with Crippen LogP contribution in [0.5, 0.6) is 0 Å². The van der Waals surface area contributed by atoms with Gasteiger partial charge in [0.2, 0.25) is 0 Å². The Morgan fingerprint density at radius 3 is 2.53 bits per heavy atom. The highest BCUT2D eigenvalue weighted by Gasteiger charge is 2.34. The third kappa shape index (κ3) is 6.20. The minimum absolute atomic E-state index is 0.0726. The number of β-amino-alcohol motifs (C(OH)–C–C–N with tert-alkyl or cyclic N) is 1. The van der Waals surface area contributed by atoms with Gasteiger partial charge in [-0.3, -0.25) is 0 Å². The number of benzene rings is 3. The summed E-state index contributed by atoms with van der Waals surface area (Å²) in [6, 6.07) is 21.5. The molecule has 1 aliphatic carbocycles. The number of rotatable bonds is 10. The van der Waals surface area contributed by atoms with E-state index < -0.39 is 6.10 Å². The zero-order chi connectivity index (χ0) is 22.7. The average molecular weight is 496 g/mol. The van der Waals surface area contributed by atoms with Crippen LogP contribution in [-0.4, -0.2) is 29.9 Å². The highest BCUT2D eigenvalue weighted by Crippen LogP contribution is 2.44. The van der Waals surface area contributed by atoms with Gasteiger partial charge in [-0.2, -0.15) is 0 Å². The second kappa shape index (κ2) is 10.0. The van der Waals surface area contributed by atoms with Gasteiger partial charge in [0.05, 0.1) is 18.8 Å². The maximum atomic E-state index is 10.6. The Labute approximate surface area is 200 Å². The van der Waals surface area contributed by atoms with Crippen LogP contribution in [0.1, 0.15) is 49.5 Å². The van der Waals surface area contributed by atoms with Gasteiger partial charge in [0.25, 0.3) is 0 Å². The summed E-state index contributed by atoms with van der Waals surface area (Å²) in [6.45, 7) is 7.36. The van der Waals surface area contributed by atoms with Crippen LogP contribution >= 0.6 is 15.9 Å². The molecular weight excluding hydrogens is 462 g/mol. The Bertz CT molecular complexity index is 1060. The SMILES string of the molecule is Cc1cc(Br)ccc1C(OC[C@H](O)CNC(C)(C)Cc1ccc2ccccc2c1)C1CC1. The lowest BCUT2D eigenvalue weighted by Crippen LogP contribution is -2.46. The number of halogens is 1. The molecule has 170 valence electrons. The van der Waals surface area contributed by atoms with E-state index in [4.69, 9.17) is 4.74 Å². The van der Waals surface area contributed by atoms with Gasteiger partial charge in [0.1, 0.15) is 0 Å². The summed E-state index contributed by atoms with van der Waals surface area (Å²) >= 11 is 3.55. The molecule has 0 spiro atoms. The van der Waals surface area contributed by atoms with Gasteiger partial charge < -0.3 is 15.2 Å². The monoisotopic (exact) mass is 495 g/mol. The van der Waals surface area contributed by atoms with Crippen molar-refractivity contribution in [3.63, 3.8) is 0 Å². The molecule has 4 heteroatoms. The van der Waals surface area contributed by atoms with Crippen molar-refractivity contribution < 1.29 is 9.84 Å². The van der Waals surface area contributed by atoms with E-state index in [0.29, 0.717) is 19.1 Å². The van der Waals surface area contributed by atoms with Crippen molar-refractivity contribution in [3.8, 4) is 0 Å². The van der Waals surface area contributed by atoms with Crippen molar-refractivity contribution in [1.82, 2.24) is 5.32 Å². The first kappa shape index (κ1) is 23.4. The van der Waals surface area contributed by atoms with Gasteiger partial charge >= 0.3 is 0 Å². The zero-order valence-corrected chi connectivity index (χ0v) is 20.9. The highest BCUT2D eigenvalue weighted by molar-refractivity contribution is 9.10. The fourth-order valence-corrected chi connectivity index (χ4v) is 4.90. The lowest BCUT2D eigenvalue weighted by atomic mass is 9.93. The number of aryl methyl sites for hydroxylation is 1. The standard InChI is InChI=1S/C28H34BrNO2/c1-19-14-24(29)12-13-26(19)27(22-10-11-22)32-18-25(31)17-30-28(2,3)16-20-8-9-21-6-4-5-7-23(21)15-20/h4-9,12-15,22,25,27,30-31H,10-11,16-18H2,1-3H3/t25-,27?/m1/s1. The molecule has 0 aromatic heterocycles. The van der Waals surface area contributed by atoms with Crippen LogP contribution in [0, 0.1) is 12.8 Å². The number of fused-ring (bicyclic) bond motifs is 1.